The molecule has 0 spiro atoms. The molecule has 1 aliphatic heterocycles. The maximum absolute atomic E-state index is 11.8. The number of carbonyl (C=O) groups excluding carboxylic acids is 2. The van der Waals surface area contributed by atoms with Crippen molar-refractivity contribution in [1.82, 2.24) is 20.2 Å². The van der Waals surface area contributed by atoms with Gasteiger partial charge >= 0.3 is 6.03 Å². The quantitative estimate of drug-likeness (QED) is 0.757. The van der Waals surface area contributed by atoms with Crippen molar-refractivity contribution in [2.75, 3.05) is 13.1 Å². The van der Waals surface area contributed by atoms with E-state index < -0.39 is 6.03 Å². The van der Waals surface area contributed by atoms with E-state index in [0.29, 0.717) is 25.9 Å². The Kier molecular flexibility index (Phi) is 3.47. The number of nitrogens with zero attached hydrogens (tertiary/aromatic N) is 2. The lowest BCUT2D eigenvalue weighted by atomic mass is 10.1. The van der Waals surface area contributed by atoms with Crippen molar-refractivity contribution in [3.63, 3.8) is 0 Å². The number of nitrogens with one attached hydrogen (secondary N) is 2. The number of rotatable bonds is 4. The molecule has 1 aromatic heterocycles. The molecule has 0 aliphatic carbocycles. The number of para-hydroxylation sites is 2. The minimum atomic E-state index is -0.442. The molecule has 1 aromatic carbocycles. The highest BCUT2D eigenvalue weighted by molar-refractivity contribution is 5.78. The summed E-state index contributed by atoms with van der Waals surface area (Å²) in [5.74, 6) is 0.767. The van der Waals surface area contributed by atoms with Crippen LogP contribution in [0.1, 0.15) is 12.2 Å². The van der Waals surface area contributed by atoms with Gasteiger partial charge in [0, 0.05) is 25.9 Å². The molecule has 3 amide bonds. The van der Waals surface area contributed by atoms with Crippen molar-refractivity contribution in [2.45, 2.75) is 18.9 Å². The lowest BCUT2D eigenvalue weighted by Crippen LogP contribution is -2.62. The lowest BCUT2D eigenvalue weighted by molar-refractivity contribution is -0.122. The number of aromatic nitrogens is 2. The molecule has 110 valence electrons. The molecule has 1 fully saturated rings. The summed E-state index contributed by atoms with van der Waals surface area (Å²) in [6, 6.07) is 7.34. The second-order valence-electron chi connectivity index (χ2n) is 5.21. The summed E-state index contributed by atoms with van der Waals surface area (Å²) < 4.78 is 0. The molecule has 4 N–H and O–H groups in total. The third-order valence-electron chi connectivity index (χ3n) is 3.59. The molecule has 0 radical (unpaired) electrons. The van der Waals surface area contributed by atoms with Crippen molar-refractivity contribution < 1.29 is 9.59 Å². The molecule has 3 rings (SSSR count). The van der Waals surface area contributed by atoms with Crippen LogP contribution in [-0.2, 0) is 11.2 Å². The van der Waals surface area contributed by atoms with Crippen LogP contribution in [0, 0.1) is 0 Å². The number of nitrogens with two attached hydrogens (primary N) is 1. The van der Waals surface area contributed by atoms with Crippen LogP contribution in [0.4, 0.5) is 4.79 Å². The van der Waals surface area contributed by atoms with E-state index in [4.69, 9.17) is 5.73 Å². The van der Waals surface area contributed by atoms with Crippen molar-refractivity contribution in [3.8, 4) is 0 Å². The fraction of sp³-hybridized carbons (Fsp3) is 0.357. The smallest absolute Gasteiger partial charge is 0.314 e. The molecular weight excluding hydrogens is 270 g/mol. The maximum atomic E-state index is 11.8. The number of benzene rings is 1. The van der Waals surface area contributed by atoms with Gasteiger partial charge in [-0.25, -0.2) is 9.78 Å². The number of carbonyl (C=O) groups is 2. The van der Waals surface area contributed by atoms with Crippen LogP contribution in [0.3, 0.4) is 0 Å². The molecule has 7 nitrogen and oxygen atoms in total. The number of imidazole rings is 1. The molecular formula is C14H17N5O2. The van der Waals surface area contributed by atoms with E-state index in [1.54, 1.807) is 0 Å². The first kappa shape index (κ1) is 13.4. The predicted molar refractivity (Wildman–Crippen MR) is 77.5 cm³/mol. The van der Waals surface area contributed by atoms with E-state index in [2.05, 4.69) is 15.3 Å². The Balaban J connectivity index is 1.47. The molecule has 1 aliphatic rings. The third-order valence-corrected chi connectivity index (χ3v) is 3.59. The third kappa shape index (κ3) is 2.96. The number of amides is 3. The second-order valence-corrected chi connectivity index (χ2v) is 5.21. The van der Waals surface area contributed by atoms with Crippen LogP contribution in [-0.4, -0.2) is 45.9 Å². The lowest BCUT2D eigenvalue weighted by Gasteiger charge is -2.38. The molecule has 2 aromatic rings. The first-order valence-electron chi connectivity index (χ1n) is 6.89. The number of primary amides is 1. The Hall–Kier alpha value is -2.57. The van der Waals surface area contributed by atoms with Crippen molar-refractivity contribution >= 4 is 23.0 Å². The summed E-state index contributed by atoms with van der Waals surface area (Å²) in [5, 5.41) is 2.88. The number of likely N-dealkylation sites (tertiary alicyclic amines) is 1. The van der Waals surface area contributed by atoms with Gasteiger partial charge in [-0.3, -0.25) is 4.79 Å². The number of aromatic amines is 1. The fourth-order valence-electron chi connectivity index (χ4n) is 2.41. The van der Waals surface area contributed by atoms with Gasteiger partial charge in [-0.05, 0) is 12.1 Å². The number of urea groups is 1. The van der Waals surface area contributed by atoms with Crippen LogP contribution < -0.4 is 11.1 Å². The molecule has 21 heavy (non-hydrogen) atoms. The number of fused-ring (bicyclic) bond motifs is 1. The molecule has 7 heteroatoms. The van der Waals surface area contributed by atoms with Crippen LogP contribution in [0.5, 0.6) is 0 Å². The maximum Gasteiger partial charge on any atom is 0.314 e. The van der Waals surface area contributed by atoms with Gasteiger partial charge in [-0.2, -0.15) is 0 Å². The zero-order chi connectivity index (χ0) is 14.8. The number of aryl methyl sites for hydroxylation is 1. The first-order chi connectivity index (χ1) is 10.1. The van der Waals surface area contributed by atoms with Crippen LogP contribution in [0.25, 0.3) is 11.0 Å². The Labute approximate surface area is 121 Å². The summed E-state index contributed by atoms with van der Waals surface area (Å²) in [4.78, 5) is 31.8. The van der Waals surface area contributed by atoms with Crippen LogP contribution in [0.15, 0.2) is 24.3 Å². The summed E-state index contributed by atoms with van der Waals surface area (Å²) >= 11 is 0. The van der Waals surface area contributed by atoms with Gasteiger partial charge in [0.25, 0.3) is 0 Å². The molecule has 0 saturated carbocycles. The van der Waals surface area contributed by atoms with Gasteiger partial charge in [-0.1, -0.05) is 12.1 Å². The van der Waals surface area contributed by atoms with Gasteiger partial charge in [0.1, 0.15) is 5.82 Å². The van der Waals surface area contributed by atoms with Gasteiger partial charge in [0.15, 0.2) is 0 Å². The Morgan fingerprint density at radius 3 is 2.86 bits per heavy atom. The van der Waals surface area contributed by atoms with Crippen molar-refractivity contribution in [1.29, 1.82) is 0 Å². The SMILES string of the molecule is NC(=O)N1CC(NC(=O)CCc2nc3ccccc3[nH]2)C1. The monoisotopic (exact) mass is 287 g/mol. The van der Waals surface area contributed by atoms with Gasteiger partial charge in [0.2, 0.25) is 5.91 Å². The predicted octanol–water partition coefficient (Wildman–Crippen LogP) is 0.375. The van der Waals surface area contributed by atoms with Gasteiger partial charge < -0.3 is 20.9 Å². The molecule has 2 heterocycles. The van der Waals surface area contributed by atoms with Crippen LogP contribution >= 0.6 is 0 Å². The Morgan fingerprint density at radius 2 is 2.14 bits per heavy atom. The highest BCUT2D eigenvalue weighted by Crippen LogP contribution is 2.12. The normalized spacial score (nSPS) is 15.0. The number of H-pyrrole nitrogens is 1. The number of hydrogen-bond donors (Lipinski definition) is 3. The molecule has 0 bridgehead atoms. The van der Waals surface area contributed by atoms with Crippen molar-refractivity contribution in [3.05, 3.63) is 30.1 Å². The minimum absolute atomic E-state index is 0.0145. The fourth-order valence-corrected chi connectivity index (χ4v) is 2.41. The molecule has 1 saturated heterocycles. The number of hydrogen-bond acceptors (Lipinski definition) is 3. The summed E-state index contributed by atoms with van der Waals surface area (Å²) in [5.41, 5.74) is 7.01. The highest BCUT2D eigenvalue weighted by Gasteiger charge is 2.30. The van der Waals surface area contributed by atoms with E-state index in [1.165, 1.54) is 4.90 Å². The summed E-state index contributed by atoms with van der Waals surface area (Å²) in [7, 11) is 0. The zero-order valence-corrected chi connectivity index (χ0v) is 11.5. The Morgan fingerprint density at radius 1 is 1.38 bits per heavy atom. The van der Waals surface area contributed by atoms with Crippen LogP contribution in [0.2, 0.25) is 0 Å². The average Bonchev–Trinajstić information content (AvgIpc) is 2.82. The average molecular weight is 287 g/mol. The molecule has 0 unspecified atom stereocenters. The Bertz CT molecular complexity index is 642. The summed E-state index contributed by atoms with van der Waals surface area (Å²) in [6.07, 6.45) is 0.930. The zero-order valence-electron chi connectivity index (χ0n) is 11.5. The standard InChI is InChI=1S/C14H17N5O2/c15-14(21)19-7-9(8-19)16-13(20)6-5-12-17-10-3-1-2-4-11(10)18-12/h1-4,9H,5-8H2,(H2,15,21)(H,16,20)(H,17,18). The van der Waals surface area contributed by atoms with E-state index in [9.17, 15) is 9.59 Å². The molecule has 0 atom stereocenters. The van der Waals surface area contributed by atoms with E-state index >= 15 is 0 Å². The largest absolute Gasteiger partial charge is 0.351 e. The topological polar surface area (TPSA) is 104 Å². The second kappa shape index (κ2) is 5.43. The van der Waals surface area contributed by atoms with Crippen molar-refractivity contribution in [2.24, 2.45) is 5.73 Å². The van der Waals surface area contributed by atoms with E-state index in [0.717, 1.165) is 16.9 Å². The summed E-state index contributed by atoms with van der Waals surface area (Å²) in [6.45, 7) is 0.984. The van der Waals surface area contributed by atoms with E-state index in [-0.39, 0.29) is 11.9 Å². The first-order valence-corrected chi connectivity index (χ1v) is 6.89. The van der Waals surface area contributed by atoms with Gasteiger partial charge in [0.05, 0.1) is 17.1 Å². The minimum Gasteiger partial charge on any atom is -0.351 e. The van der Waals surface area contributed by atoms with E-state index in [1.807, 2.05) is 24.3 Å². The highest BCUT2D eigenvalue weighted by atomic mass is 16.2. The van der Waals surface area contributed by atoms with Gasteiger partial charge in [-0.15, -0.1) is 0 Å².